The lowest BCUT2D eigenvalue weighted by atomic mass is 10.1. The molecule has 84 valence electrons. The third-order valence-electron chi connectivity index (χ3n) is 2.69. The van der Waals surface area contributed by atoms with Gasteiger partial charge in [0, 0.05) is 23.4 Å². The molecule has 1 heterocycles. The zero-order valence-electron chi connectivity index (χ0n) is 8.62. The van der Waals surface area contributed by atoms with E-state index in [1.165, 1.54) is 0 Å². The van der Waals surface area contributed by atoms with E-state index in [4.69, 9.17) is 11.6 Å². The molecule has 0 N–H and O–H groups in total. The van der Waals surface area contributed by atoms with Crippen molar-refractivity contribution in [3.8, 4) is 0 Å². The minimum atomic E-state index is 0.106. The molecule has 1 fully saturated rings. The highest BCUT2D eigenvalue weighted by Crippen LogP contribution is 2.33. The molecule has 1 saturated heterocycles. The minimum Gasteiger partial charge on any atom is -0.310 e. The van der Waals surface area contributed by atoms with Crippen LogP contribution >= 0.6 is 27.5 Å². The third-order valence-corrected chi connectivity index (χ3v) is 3.48. The quantitative estimate of drug-likeness (QED) is 0.764. The lowest BCUT2D eigenvalue weighted by Crippen LogP contribution is -2.24. The van der Waals surface area contributed by atoms with Gasteiger partial charge in [-0.1, -0.05) is 33.6 Å². The molecule has 1 aliphatic heterocycles. The van der Waals surface area contributed by atoms with Crippen molar-refractivity contribution in [2.75, 3.05) is 11.4 Å². The maximum absolute atomic E-state index is 11.8. The van der Waals surface area contributed by atoms with Gasteiger partial charge in [-0.05, 0) is 18.2 Å². The molecule has 16 heavy (non-hydrogen) atoms. The van der Waals surface area contributed by atoms with Crippen LogP contribution in [0.3, 0.4) is 0 Å². The van der Waals surface area contributed by atoms with Crippen LogP contribution in [0.15, 0.2) is 35.3 Å². The van der Waals surface area contributed by atoms with Crippen LogP contribution in [0, 0.1) is 5.92 Å². The Morgan fingerprint density at radius 3 is 2.88 bits per heavy atom. The van der Waals surface area contributed by atoms with Gasteiger partial charge in [0.25, 0.3) is 0 Å². The topological polar surface area (TPSA) is 20.3 Å². The molecule has 0 spiro atoms. The van der Waals surface area contributed by atoms with Crippen molar-refractivity contribution in [1.82, 2.24) is 0 Å². The summed E-state index contributed by atoms with van der Waals surface area (Å²) in [6.45, 7) is 4.39. The Morgan fingerprint density at radius 2 is 2.31 bits per heavy atom. The van der Waals surface area contributed by atoms with Crippen molar-refractivity contribution in [2.45, 2.75) is 6.42 Å². The summed E-state index contributed by atoms with van der Waals surface area (Å²) in [6, 6.07) is 5.54. The van der Waals surface area contributed by atoms with E-state index in [1.807, 2.05) is 18.2 Å². The third kappa shape index (κ3) is 2.15. The number of amides is 1. The van der Waals surface area contributed by atoms with Crippen molar-refractivity contribution in [3.63, 3.8) is 0 Å². The fourth-order valence-corrected chi connectivity index (χ4v) is 2.60. The molecule has 1 unspecified atom stereocenters. The van der Waals surface area contributed by atoms with E-state index in [0.717, 1.165) is 10.2 Å². The number of anilines is 1. The summed E-state index contributed by atoms with van der Waals surface area (Å²) in [6.07, 6.45) is 2.35. The van der Waals surface area contributed by atoms with Gasteiger partial charge < -0.3 is 4.90 Å². The SMILES string of the molecule is C=CC1CC(=O)N(c2ccc(Br)cc2Cl)C1. The highest BCUT2D eigenvalue weighted by Gasteiger charge is 2.29. The highest BCUT2D eigenvalue weighted by atomic mass is 79.9. The normalized spacial score (nSPS) is 20.2. The number of carbonyl (C=O) groups excluding carboxylic acids is 1. The largest absolute Gasteiger partial charge is 0.310 e. The first-order chi connectivity index (χ1) is 7.61. The van der Waals surface area contributed by atoms with E-state index in [9.17, 15) is 4.79 Å². The Bertz CT molecular complexity index is 447. The summed E-state index contributed by atoms with van der Waals surface area (Å²) in [5.41, 5.74) is 0.777. The van der Waals surface area contributed by atoms with Gasteiger partial charge in [0.15, 0.2) is 0 Å². The van der Waals surface area contributed by atoms with Gasteiger partial charge in [0.05, 0.1) is 10.7 Å². The molecule has 1 aromatic carbocycles. The first-order valence-corrected chi connectivity index (χ1v) is 6.17. The molecule has 0 saturated carbocycles. The maximum atomic E-state index is 11.8. The summed E-state index contributed by atoms with van der Waals surface area (Å²) in [5.74, 6) is 0.335. The summed E-state index contributed by atoms with van der Waals surface area (Å²) < 4.78 is 0.910. The van der Waals surface area contributed by atoms with Crippen molar-refractivity contribution in [2.24, 2.45) is 5.92 Å². The van der Waals surface area contributed by atoms with E-state index >= 15 is 0 Å². The van der Waals surface area contributed by atoms with Crippen LogP contribution in [-0.2, 0) is 4.79 Å². The predicted molar refractivity (Wildman–Crippen MR) is 69.8 cm³/mol. The van der Waals surface area contributed by atoms with Crippen LogP contribution < -0.4 is 4.90 Å². The monoisotopic (exact) mass is 299 g/mol. The molecular weight excluding hydrogens is 289 g/mol. The second-order valence-electron chi connectivity index (χ2n) is 3.80. The van der Waals surface area contributed by atoms with E-state index in [0.29, 0.717) is 18.0 Å². The van der Waals surface area contributed by atoms with Gasteiger partial charge in [-0.3, -0.25) is 4.79 Å². The van der Waals surface area contributed by atoms with Crippen molar-refractivity contribution in [1.29, 1.82) is 0 Å². The first-order valence-electron chi connectivity index (χ1n) is 5.00. The number of carbonyl (C=O) groups is 1. The fraction of sp³-hybridized carbons (Fsp3) is 0.250. The van der Waals surface area contributed by atoms with Gasteiger partial charge in [0.1, 0.15) is 0 Å². The number of halogens is 2. The Balaban J connectivity index is 2.31. The van der Waals surface area contributed by atoms with Crippen LogP contribution in [0.25, 0.3) is 0 Å². The fourth-order valence-electron chi connectivity index (χ4n) is 1.83. The highest BCUT2D eigenvalue weighted by molar-refractivity contribution is 9.10. The molecule has 1 amide bonds. The van der Waals surface area contributed by atoms with Crippen molar-refractivity contribution < 1.29 is 4.79 Å². The number of nitrogens with zero attached hydrogens (tertiary/aromatic N) is 1. The molecule has 2 nitrogen and oxygen atoms in total. The van der Waals surface area contributed by atoms with E-state index in [-0.39, 0.29) is 11.8 Å². The molecular formula is C12H11BrClNO. The summed E-state index contributed by atoms with van der Waals surface area (Å²) in [5, 5.41) is 0.590. The van der Waals surface area contributed by atoms with Gasteiger partial charge in [0.2, 0.25) is 5.91 Å². The molecule has 1 aliphatic rings. The maximum Gasteiger partial charge on any atom is 0.227 e. The van der Waals surface area contributed by atoms with Crippen LogP contribution in [0.2, 0.25) is 5.02 Å². The Kier molecular flexibility index (Phi) is 3.36. The van der Waals surface area contributed by atoms with Gasteiger partial charge in [-0.25, -0.2) is 0 Å². The molecule has 0 aromatic heterocycles. The molecule has 0 aliphatic carbocycles. The molecule has 1 atom stereocenters. The number of benzene rings is 1. The standard InChI is InChI=1S/C12H11BrClNO/c1-2-8-5-12(16)15(7-8)11-4-3-9(13)6-10(11)14/h2-4,6,8H,1,5,7H2. The number of rotatable bonds is 2. The average molecular weight is 301 g/mol. The second-order valence-corrected chi connectivity index (χ2v) is 5.12. The van der Waals surface area contributed by atoms with Crippen LogP contribution in [0.4, 0.5) is 5.69 Å². The summed E-state index contributed by atoms with van der Waals surface area (Å²) in [7, 11) is 0. The summed E-state index contributed by atoms with van der Waals surface area (Å²) >= 11 is 9.46. The molecule has 0 bridgehead atoms. The predicted octanol–water partition coefficient (Wildman–Crippen LogP) is 3.64. The lowest BCUT2D eigenvalue weighted by Gasteiger charge is -2.17. The molecule has 4 heteroatoms. The van der Waals surface area contributed by atoms with Gasteiger partial charge in [-0.2, -0.15) is 0 Å². The smallest absolute Gasteiger partial charge is 0.227 e. The molecule has 2 rings (SSSR count). The zero-order valence-corrected chi connectivity index (χ0v) is 11.0. The molecule has 0 radical (unpaired) electrons. The van der Waals surface area contributed by atoms with Gasteiger partial charge >= 0.3 is 0 Å². The number of hydrogen-bond acceptors (Lipinski definition) is 1. The Morgan fingerprint density at radius 1 is 1.56 bits per heavy atom. The minimum absolute atomic E-state index is 0.106. The second kappa shape index (κ2) is 4.60. The lowest BCUT2D eigenvalue weighted by molar-refractivity contribution is -0.117. The zero-order chi connectivity index (χ0) is 11.7. The van der Waals surface area contributed by atoms with Crippen LogP contribution in [0.5, 0.6) is 0 Å². The Labute approximate surface area is 108 Å². The van der Waals surface area contributed by atoms with Crippen molar-refractivity contribution in [3.05, 3.63) is 40.3 Å². The van der Waals surface area contributed by atoms with E-state index in [2.05, 4.69) is 22.5 Å². The van der Waals surface area contributed by atoms with E-state index < -0.39 is 0 Å². The number of hydrogen-bond donors (Lipinski definition) is 0. The van der Waals surface area contributed by atoms with Crippen LogP contribution in [-0.4, -0.2) is 12.5 Å². The van der Waals surface area contributed by atoms with Crippen molar-refractivity contribution >= 4 is 39.1 Å². The van der Waals surface area contributed by atoms with E-state index in [1.54, 1.807) is 11.0 Å². The molecule has 1 aromatic rings. The summed E-state index contributed by atoms with van der Waals surface area (Å²) in [4.78, 5) is 13.5. The van der Waals surface area contributed by atoms with Gasteiger partial charge in [-0.15, -0.1) is 6.58 Å². The Hall–Kier alpha value is -0.800. The van der Waals surface area contributed by atoms with Crippen LogP contribution in [0.1, 0.15) is 6.42 Å². The average Bonchev–Trinajstić information content (AvgIpc) is 2.60. The first kappa shape index (κ1) is 11.7.